The highest BCUT2D eigenvalue weighted by Crippen LogP contribution is 2.28. The molecule has 2 saturated heterocycles. The minimum atomic E-state index is -1.80. The predicted molar refractivity (Wildman–Crippen MR) is 106 cm³/mol. The van der Waals surface area contributed by atoms with Crippen LogP contribution >= 0.6 is 0 Å². The zero-order chi connectivity index (χ0) is 25.0. The molecule has 0 amide bonds. The number of rotatable bonds is 8. The summed E-state index contributed by atoms with van der Waals surface area (Å²) in [6, 6.07) is 0. The van der Waals surface area contributed by atoms with E-state index in [0.29, 0.717) is 0 Å². The van der Waals surface area contributed by atoms with Gasteiger partial charge in [0.25, 0.3) is 0 Å². The largest absolute Gasteiger partial charge is 0.463 e. The summed E-state index contributed by atoms with van der Waals surface area (Å²) < 4.78 is 26.2. The number of aliphatic hydroxyl groups is 6. The van der Waals surface area contributed by atoms with Gasteiger partial charge in [-0.25, -0.2) is 0 Å². The van der Waals surface area contributed by atoms with Crippen LogP contribution in [0.3, 0.4) is 0 Å². The van der Waals surface area contributed by atoms with Crippen molar-refractivity contribution in [3.8, 4) is 0 Å². The molecular weight excluding hydrogens is 448 g/mol. The molecule has 0 aromatic carbocycles. The van der Waals surface area contributed by atoms with Gasteiger partial charge in [0, 0.05) is 0 Å². The van der Waals surface area contributed by atoms with E-state index in [1.165, 1.54) is 0 Å². The Morgan fingerprint density at radius 1 is 0.636 bits per heavy atom. The smallest absolute Gasteiger partial charge is 0.308 e. The van der Waals surface area contributed by atoms with Gasteiger partial charge in [0.1, 0.15) is 62.0 Å². The molecule has 0 spiro atoms. The van der Waals surface area contributed by atoms with Crippen LogP contribution < -0.4 is 0 Å². The van der Waals surface area contributed by atoms with Gasteiger partial charge in [0.05, 0.1) is 11.8 Å². The lowest BCUT2D eigenvalue weighted by atomic mass is 9.98. The van der Waals surface area contributed by atoms with Crippen LogP contribution in [0, 0.1) is 11.8 Å². The number of hydrogen-bond acceptors (Lipinski definition) is 13. The highest BCUT2D eigenvalue weighted by Gasteiger charge is 2.50. The lowest BCUT2D eigenvalue weighted by Crippen LogP contribution is -2.64. The molecule has 6 N–H and O–H groups in total. The van der Waals surface area contributed by atoms with E-state index in [4.69, 9.17) is 23.7 Å². The molecule has 2 aliphatic rings. The van der Waals surface area contributed by atoms with Crippen LogP contribution in [0.5, 0.6) is 0 Å². The summed E-state index contributed by atoms with van der Waals surface area (Å²) in [4.78, 5) is 23.4. The first kappa shape index (κ1) is 27.8. The summed E-state index contributed by atoms with van der Waals surface area (Å²) in [5.41, 5.74) is 0. The Hall–Kier alpha value is -1.42. The highest BCUT2D eigenvalue weighted by molar-refractivity contribution is 5.71. The maximum Gasteiger partial charge on any atom is 0.308 e. The fourth-order valence-corrected chi connectivity index (χ4v) is 3.13. The highest BCUT2D eigenvalue weighted by atomic mass is 16.8. The summed E-state index contributed by atoms with van der Waals surface area (Å²) in [5.74, 6) is -2.06. The van der Waals surface area contributed by atoms with Crippen molar-refractivity contribution in [1.82, 2.24) is 0 Å². The molecule has 0 aromatic heterocycles. The van der Waals surface area contributed by atoms with Crippen molar-refractivity contribution in [1.29, 1.82) is 0 Å². The van der Waals surface area contributed by atoms with Crippen molar-refractivity contribution >= 4 is 11.9 Å². The van der Waals surface area contributed by atoms with E-state index in [1.807, 2.05) is 0 Å². The fraction of sp³-hybridized carbons (Fsp3) is 0.900. The Morgan fingerprint density at radius 2 is 0.970 bits per heavy atom. The number of aliphatic hydroxyl groups excluding tert-OH is 6. The minimum Gasteiger partial charge on any atom is -0.463 e. The zero-order valence-corrected chi connectivity index (χ0v) is 18.9. The van der Waals surface area contributed by atoms with E-state index in [2.05, 4.69) is 0 Å². The Bertz CT molecular complexity index is 602. The molecule has 0 aliphatic carbocycles. The molecule has 0 aromatic rings. The second kappa shape index (κ2) is 11.8. The Balaban J connectivity index is 2.06. The van der Waals surface area contributed by atoms with Gasteiger partial charge in [-0.3, -0.25) is 9.59 Å². The van der Waals surface area contributed by atoms with Gasteiger partial charge in [-0.2, -0.15) is 0 Å². The van der Waals surface area contributed by atoms with Gasteiger partial charge in [-0.05, 0) is 0 Å². The lowest BCUT2D eigenvalue weighted by molar-refractivity contribution is -0.376. The van der Waals surface area contributed by atoms with Crippen LogP contribution in [0.15, 0.2) is 0 Å². The quantitative estimate of drug-likeness (QED) is 0.191. The first-order chi connectivity index (χ1) is 15.3. The van der Waals surface area contributed by atoms with Gasteiger partial charge in [-0.15, -0.1) is 0 Å². The van der Waals surface area contributed by atoms with Crippen molar-refractivity contribution in [2.24, 2.45) is 11.8 Å². The molecule has 192 valence electrons. The summed E-state index contributed by atoms with van der Waals surface area (Å²) in [7, 11) is 0. The van der Waals surface area contributed by atoms with Crippen LogP contribution in [-0.4, -0.2) is 117 Å². The average molecular weight is 482 g/mol. The summed E-state index contributed by atoms with van der Waals surface area (Å²) >= 11 is 0. The van der Waals surface area contributed by atoms with Gasteiger partial charge >= 0.3 is 11.9 Å². The first-order valence-electron chi connectivity index (χ1n) is 10.7. The van der Waals surface area contributed by atoms with Gasteiger partial charge in [-0.1, -0.05) is 27.7 Å². The third-order valence-corrected chi connectivity index (χ3v) is 5.33. The fourth-order valence-electron chi connectivity index (χ4n) is 3.13. The van der Waals surface area contributed by atoms with Crippen LogP contribution in [0.4, 0.5) is 0 Å². The molecule has 2 rings (SSSR count). The second-order valence-corrected chi connectivity index (χ2v) is 8.73. The monoisotopic (exact) mass is 482 g/mol. The normalized spacial score (nSPS) is 39.5. The molecule has 13 nitrogen and oxygen atoms in total. The van der Waals surface area contributed by atoms with E-state index in [9.17, 15) is 40.2 Å². The number of carbonyl (C=O) groups is 2. The number of esters is 2. The topological polar surface area (TPSA) is 202 Å². The standard InChI is InChI=1S/C20H34O13/c1-7(2)17(27)29-5-9-11(21)13(23)15(25)19(31-9)33-20-16(26)14(24)12(22)10(32-20)6-30-18(28)8(3)4/h7-16,19-26H,5-6H2,1-4H3. The van der Waals surface area contributed by atoms with E-state index in [0.717, 1.165) is 0 Å². The zero-order valence-electron chi connectivity index (χ0n) is 18.9. The van der Waals surface area contributed by atoms with Crippen molar-refractivity contribution in [3.63, 3.8) is 0 Å². The molecule has 10 atom stereocenters. The van der Waals surface area contributed by atoms with E-state index in [-0.39, 0.29) is 0 Å². The maximum absolute atomic E-state index is 11.7. The molecule has 0 bridgehead atoms. The van der Waals surface area contributed by atoms with E-state index < -0.39 is 98.4 Å². The molecular formula is C20H34O13. The van der Waals surface area contributed by atoms with Crippen molar-refractivity contribution in [2.75, 3.05) is 13.2 Å². The van der Waals surface area contributed by atoms with Crippen LogP contribution in [0.25, 0.3) is 0 Å². The number of carbonyl (C=O) groups excluding carboxylic acids is 2. The van der Waals surface area contributed by atoms with Crippen molar-refractivity contribution in [3.05, 3.63) is 0 Å². The van der Waals surface area contributed by atoms with Crippen molar-refractivity contribution in [2.45, 2.75) is 89.1 Å². The molecule has 0 radical (unpaired) electrons. The SMILES string of the molecule is CC(C)C(=O)OCC1OC(OC2OC(COC(=O)C(C)C)C(O)C(O)C2O)C(O)C(O)C1O. The Kier molecular flexibility index (Phi) is 9.96. The van der Waals surface area contributed by atoms with Gasteiger partial charge in [0.2, 0.25) is 0 Å². The first-order valence-corrected chi connectivity index (χ1v) is 10.7. The van der Waals surface area contributed by atoms with Gasteiger partial charge < -0.3 is 54.3 Å². The molecule has 2 fully saturated rings. The average Bonchev–Trinajstić information content (AvgIpc) is 2.77. The minimum absolute atomic E-state index is 0.450. The van der Waals surface area contributed by atoms with Crippen LogP contribution in [0.1, 0.15) is 27.7 Å². The summed E-state index contributed by atoms with van der Waals surface area (Å²) in [5, 5.41) is 61.1. The number of hydrogen-bond donors (Lipinski definition) is 6. The molecule has 33 heavy (non-hydrogen) atoms. The van der Waals surface area contributed by atoms with Gasteiger partial charge in [0.15, 0.2) is 12.6 Å². The molecule has 2 aliphatic heterocycles. The molecule has 0 saturated carbocycles. The Labute approximate surface area is 190 Å². The van der Waals surface area contributed by atoms with Crippen LogP contribution in [0.2, 0.25) is 0 Å². The third-order valence-electron chi connectivity index (χ3n) is 5.33. The molecule has 10 unspecified atom stereocenters. The maximum atomic E-state index is 11.7. The molecule has 13 heteroatoms. The lowest BCUT2D eigenvalue weighted by Gasteiger charge is -2.44. The summed E-state index contributed by atoms with van der Waals surface area (Å²) in [6.45, 7) is 5.49. The summed E-state index contributed by atoms with van der Waals surface area (Å²) in [6.07, 6.45) is -16.3. The second-order valence-electron chi connectivity index (χ2n) is 8.73. The van der Waals surface area contributed by atoms with E-state index in [1.54, 1.807) is 27.7 Å². The van der Waals surface area contributed by atoms with Crippen LogP contribution in [-0.2, 0) is 33.3 Å². The predicted octanol–water partition coefficient (Wildman–Crippen LogP) is -2.98. The number of ether oxygens (including phenoxy) is 5. The van der Waals surface area contributed by atoms with Crippen molar-refractivity contribution < 1.29 is 63.9 Å². The van der Waals surface area contributed by atoms with E-state index >= 15 is 0 Å². The third kappa shape index (κ3) is 6.81. The Morgan fingerprint density at radius 3 is 1.27 bits per heavy atom. The molecule has 2 heterocycles.